The number of hydrogen-bond donors (Lipinski definition) is 0. The summed E-state index contributed by atoms with van der Waals surface area (Å²) in [6.07, 6.45) is 2.17. The van der Waals surface area contributed by atoms with Crippen molar-refractivity contribution in [2.45, 2.75) is 73.3 Å². The molecule has 218 valence electrons. The van der Waals surface area contributed by atoms with Crippen LogP contribution < -0.4 is 4.74 Å². The number of pyridine rings is 1. The SMILES string of the molecule is CC.CCc1c(F)ccc2c1CCO2.Cc1ncc2c3c(ncn13)C(=O)N(CC(F)F)Cc1nc(C(C)C)ccc1-2. The van der Waals surface area contributed by atoms with Crippen molar-refractivity contribution in [2.24, 2.45) is 0 Å². The third kappa shape index (κ3) is 5.92. The molecule has 0 fully saturated rings. The van der Waals surface area contributed by atoms with Gasteiger partial charge in [0, 0.05) is 35.0 Å². The van der Waals surface area contributed by atoms with Crippen LogP contribution in [0.15, 0.2) is 36.8 Å². The topological polar surface area (TPSA) is 72.6 Å². The van der Waals surface area contributed by atoms with Gasteiger partial charge in [-0.1, -0.05) is 40.7 Å². The fourth-order valence-electron chi connectivity index (χ4n) is 5.11. The van der Waals surface area contributed by atoms with Crippen molar-refractivity contribution in [1.82, 2.24) is 24.3 Å². The summed E-state index contributed by atoms with van der Waals surface area (Å²) in [7, 11) is 0. The van der Waals surface area contributed by atoms with E-state index in [1.807, 2.05) is 46.8 Å². The number of rotatable bonds is 4. The standard InChI is InChI=1S/C19H19F2N5O.C10H11FO.C2H6/c1-10(2)14-5-4-12-13-6-22-11(3)26-9-23-17(18(13)26)19(27)25(8-16(20)21)7-15(12)24-14;1-2-7-8-5-6-12-10(8)4-3-9(7)11;1-2/h4-6,9-10,16H,7-8H2,1-3H3;3-4H,2,5-6H2,1H3;1-2H3. The number of ether oxygens (including phenoxy) is 1. The first-order valence-electron chi connectivity index (χ1n) is 14.0. The Morgan fingerprint density at radius 3 is 2.51 bits per heavy atom. The smallest absolute Gasteiger partial charge is 0.275 e. The molecule has 2 aliphatic rings. The van der Waals surface area contributed by atoms with Gasteiger partial charge in [0.1, 0.15) is 23.7 Å². The van der Waals surface area contributed by atoms with Crippen LogP contribution in [0.5, 0.6) is 5.75 Å². The molecule has 5 heterocycles. The normalized spacial score (nSPS) is 13.5. The second kappa shape index (κ2) is 12.7. The molecular formula is C31H36F3N5O2. The highest BCUT2D eigenvalue weighted by Gasteiger charge is 2.30. The van der Waals surface area contributed by atoms with Gasteiger partial charge in [-0.15, -0.1) is 0 Å². The molecule has 10 heteroatoms. The van der Waals surface area contributed by atoms with Crippen LogP contribution in [0.25, 0.3) is 16.6 Å². The van der Waals surface area contributed by atoms with E-state index >= 15 is 0 Å². The highest BCUT2D eigenvalue weighted by Crippen LogP contribution is 2.34. The predicted octanol–water partition coefficient (Wildman–Crippen LogP) is 6.79. The molecule has 0 N–H and O–H groups in total. The average Bonchev–Trinajstić information content (AvgIpc) is 3.62. The molecule has 0 bridgehead atoms. The van der Waals surface area contributed by atoms with Gasteiger partial charge in [-0.2, -0.15) is 0 Å². The lowest BCUT2D eigenvalue weighted by Crippen LogP contribution is -2.36. The van der Waals surface area contributed by atoms with Gasteiger partial charge in [-0.3, -0.25) is 14.2 Å². The number of alkyl halides is 2. The van der Waals surface area contributed by atoms with E-state index in [9.17, 15) is 18.0 Å². The fraction of sp³-hybridized carbons (Fsp3) is 0.419. The number of imidazole rings is 1. The van der Waals surface area contributed by atoms with E-state index in [0.717, 1.165) is 51.4 Å². The minimum atomic E-state index is -2.64. The lowest BCUT2D eigenvalue weighted by Gasteiger charge is -2.25. The molecule has 0 spiro atoms. The van der Waals surface area contributed by atoms with Crippen LogP contribution >= 0.6 is 0 Å². The van der Waals surface area contributed by atoms with Crippen LogP contribution in [0.1, 0.15) is 79.4 Å². The Hall–Kier alpha value is -3.95. The molecular weight excluding hydrogens is 531 g/mol. The van der Waals surface area contributed by atoms with E-state index in [0.29, 0.717) is 23.6 Å². The monoisotopic (exact) mass is 567 g/mol. The quantitative estimate of drug-likeness (QED) is 0.271. The molecule has 3 aromatic heterocycles. The van der Waals surface area contributed by atoms with Gasteiger partial charge in [0.05, 0.1) is 30.9 Å². The maximum Gasteiger partial charge on any atom is 0.275 e. The summed E-state index contributed by atoms with van der Waals surface area (Å²) in [4.78, 5) is 27.4. The Labute approximate surface area is 238 Å². The number of hydrogen-bond acceptors (Lipinski definition) is 5. The first-order chi connectivity index (χ1) is 19.7. The van der Waals surface area contributed by atoms with Crippen molar-refractivity contribution in [3.05, 3.63) is 76.6 Å². The molecule has 6 rings (SSSR count). The lowest BCUT2D eigenvalue weighted by molar-refractivity contribution is 0.0528. The van der Waals surface area contributed by atoms with Crippen molar-refractivity contribution in [1.29, 1.82) is 0 Å². The maximum atomic E-state index is 13.2. The van der Waals surface area contributed by atoms with Gasteiger partial charge < -0.3 is 9.64 Å². The molecule has 0 aliphatic carbocycles. The van der Waals surface area contributed by atoms with Crippen molar-refractivity contribution < 1.29 is 22.7 Å². The number of amides is 1. The zero-order valence-electron chi connectivity index (χ0n) is 24.3. The number of carbonyl (C=O) groups is 1. The van der Waals surface area contributed by atoms with Gasteiger partial charge in [-0.25, -0.2) is 23.1 Å². The van der Waals surface area contributed by atoms with Gasteiger partial charge in [-0.05, 0) is 43.0 Å². The number of benzene rings is 1. The van der Waals surface area contributed by atoms with Crippen molar-refractivity contribution in [2.75, 3.05) is 13.2 Å². The third-order valence-electron chi connectivity index (χ3n) is 7.11. The zero-order valence-corrected chi connectivity index (χ0v) is 24.3. The largest absolute Gasteiger partial charge is 0.493 e. The molecule has 2 aliphatic heterocycles. The minimum absolute atomic E-state index is 0.00536. The van der Waals surface area contributed by atoms with E-state index in [1.54, 1.807) is 23.6 Å². The molecule has 0 unspecified atom stereocenters. The first-order valence-corrected chi connectivity index (χ1v) is 14.0. The summed E-state index contributed by atoms with van der Waals surface area (Å²) in [5.41, 5.74) is 5.59. The zero-order chi connectivity index (χ0) is 29.8. The molecule has 0 radical (unpaired) electrons. The molecule has 0 saturated heterocycles. The highest BCUT2D eigenvalue weighted by atomic mass is 19.3. The molecule has 0 saturated carbocycles. The second-order valence-electron chi connectivity index (χ2n) is 9.95. The number of halogens is 3. The van der Waals surface area contributed by atoms with Gasteiger partial charge in [0.25, 0.3) is 12.3 Å². The van der Waals surface area contributed by atoms with Crippen molar-refractivity contribution in [3.8, 4) is 16.9 Å². The van der Waals surface area contributed by atoms with Crippen LogP contribution in [0, 0.1) is 12.7 Å². The Balaban J connectivity index is 0.000000230. The van der Waals surface area contributed by atoms with Gasteiger partial charge >= 0.3 is 0 Å². The summed E-state index contributed by atoms with van der Waals surface area (Å²) < 4.78 is 46.5. The van der Waals surface area contributed by atoms with Crippen LogP contribution in [0.2, 0.25) is 0 Å². The van der Waals surface area contributed by atoms with Crippen LogP contribution in [-0.2, 0) is 19.4 Å². The minimum Gasteiger partial charge on any atom is -0.493 e. The second-order valence-corrected chi connectivity index (χ2v) is 9.95. The van der Waals surface area contributed by atoms with E-state index in [-0.39, 0.29) is 24.0 Å². The first kappa shape index (κ1) is 30.0. The molecule has 4 aromatic rings. The molecule has 0 atom stereocenters. The number of carbonyl (C=O) groups excluding carboxylic acids is 1. The summed E-state index contributed by atoms with van der Waals surface area (Å²) in [5, 5.41) is 0. The Morgan fingerprint density at radius 2 is 1.83 bits per heavy atom. The fourth-order valence-corrected chi connectivity index (χ4v) is 5.11. The summed E-state index contributed by atoms with van der Waals surface area (Å²) in [6, 6.07) is 7.06. The third-order valence-corrected chi connectivity index (χ3v) is 7.11. The van der Waals surface area contributed by atoms with Gasteiger partial charge in [0.15, 0.2) is 5.69 Å². The summed E-state index contributed by atoms with van der Waals surface area (Å²) in [6.45, 7) is 11.8. The number of fused-ring (bicyclic) bond motifs is 3. The number of aryl methyl sites for hydroxylation is 1. The predicted molar refractivity (Wildman–Crippen MR) is 152 cm³/mol. The number of nitrogens with zero attached hydrogens (tertiary/aromatic N) is 5. The summed E-state index contributed by atoms with van der Waals surface area (Å²) in [5.74, 6) is 1.10. The Bertz CT molecular complexity index is 1550. The molecule has 41 heavy (non-hydrogen) atoms. The average molecular weight is 568 g/mol. The van der Waals surface area contributed by atoms with E-state index in [4.69, 9.17) is 4.74 Å². The summed E-state index contributed by atoms with van der Waals surface area (Å²) >= 11 is 0. The molecule has 1 amide bonds. The molecule has 1 aromatic carbocycles. The van der Waals surface area contributed by atoms with E-state index in [2.05, 4.69) is 15.0 Å². The maximum absolute atomic E-state index is 13.2. The highest BCUT2D eigenvalue weighted by molar-refractivity contribution is 6.04. The van der Waals surface area contributed by atoms with E-state index < -0.39 is 18.9 Å². The van der Waals surface area contributed by atoms with Crippen molar-refractivity contribution >= 4 is 11.4 Å². The van der Waals surface area contributed by atoms with Gasteiger partial charge in [0.2, 0.25) is 0 Å². The Kier molecular flexibility index (Phi) is 9.30. The van der Waals surface area contributed by atoms with Crippen LogP contribution in [0.3, 0.4) is 0 Å². The Morgan fingerprint density at radius 1 is 1.07 bits per heavy atom. The lowest BCUT2D eigenvalue weighted by atomic mass is 9.99. The van der Waals surface area contributed by atoms with Crippen LogP contribution in [-0.4, -0.2) is 49.7 Å². The van der Waals surface area contributed by atoms with E-state index in [1.165, 1.54) is 12.4 Å². The molecule has 7 nitrogen and oxygen atoms in total. The van der Waals surface area contributed by atoms with Crippen molar-refractivity contribution in [3.63, 3.8) is 0 Å². The number of aromatic nitrogens is 4. The van der Waals surface area contributed by atoms with Crippen LogP contribution in [0.4, 0.5) is 13.2 Å².